The van der Waals surface area contributed by atoms with Gasteiger partial charge in [0.05, 0.1) is 22.1 Å². The molecule has 1 aliphatic rings. The van der Waals surface area contributed by atoms with Crippen LogP contribution in [0.15, 0.2) is 47.4 Å². The molecule has 3 rings (SSSR count). The Labute approximate surface area is 155 Å². The summed E-state index contributed by atoms with van der Waals surface area (Å²) in [4.78, 5) is 22.9. The Morgan fingerprint density at radius 1 is 1.07 bits per heavy atom. The molecule has 136 valence electrons. The highest BCUT2D eigenvalue weighted by atomic mass is 32.2. The van der Waals surface area contributed by atoms with Crippen LogP contribution in [0.5, 0.6) is 11.5 Å². The normalized spacial score (nSPS) is 15.6. The molecule has 2 amide bonds. The van der Waals surface area contributed by atoms with E-state index in [9.17, 15) is 22.8 Å². The molecule has 0 aromatic heterocycles. The average molecular weight is 390 g/mol. The minimum absolute atomic E-state index is 0.0660. The lowest BCUT2D eigenvalue weighted by Crippen LogP contribution is -2.17. The number of imide groups is 1. The maximum absolute atomic E-state index is 13.0. The van der Waals surface area contributed by atoms with Crippen molar-refractivity contribution >= 4 is 29.0 Å². The van der Waals surface area contributed by atoms with E-state index in [0.29, 0.717) is 5.56 Å². The number of nitrogens with one attached hydrogen (secondary N) is 1. The number of ether oxygens (including phenoxy) is 1. The van der Waals surface area contributed by atoms with E-state index >= 15 is 0 Å². The maximum atomic E-state index is 13.0. The van der Waals surface area contributed by atoms with Gasteiger partial charge >= 0.3 is 6.18 Å². The molecule has 0 spiro atoms. The first-order chi connectivity index (χ1) is 12.8. The van der Waals surface area contributed by atoms with Crippen LogP contribution in [0.2, 0.25) is 0 Å². The fourth-order valence-corrected chi connectivity index (χ4v) is 2.94. The first-order valence-corrected chi connectivity index (χ1v) is 8.22. The highest BCUT2D eigenvalue weighted by Gasteiger charge is 2.34. The minimum Gasteiger partial charge on any atom is -0.457 e. The highest BCUT2D eigenvalue weighted by molar-refractivity contribution is 8.18. The zero-order valence-electron chi connectivity index (χ0n) is 13.3. The van der Waals surface area contributed by atoms with Gasteiger partial charge < -0.3 is 4.74 Å². The lowest BCUT2D eigenvalue weighted by molar-refractivity contribution is -0.137. The third kappa shape index (κ3) is 4.30. The summed E-state index contributed by atoms with van der Waals surface area (Å²) in [7, 11) is 0. The van der Waals surface area contributed by atoms with Crippen molar-refractivity contribution in [2.45, 2.75) is 6.18 Å². The van der Waals surface area contributed by atoms with E-state index in [-0.39, 0.29) is 16.4 Å². The lowest BCUT2D eigenvalue weighted by atomic mass is 10.1. The summed E-state index contributed by atoms with van der Waals surface area (Å²) >= 11 is 0.780. The third-order valence-corrected chi connectivity index (χ3v) is 4.28. The number of alkyl halides is 3. The van der Waals surface area contributed by atoms with E-state index in [0.717, 1.165) is 23.9 Å². The van der Waals surface area contributed by atoms with E-state index < -0.39 is 28.4 Å². The standard InChI is InChI=1S/C18H9F3N2O3S/c19-18(20,21)14-8-13(6-3-11(14)9-22)26-12-4-1-10(2-5-12)7-15-16(24)23-17(25)27-15/h1-8H,(H,23,24,25)/b15-7-. The summed E-state index contributed by atoms with van der Waals surface area (Å²) in [5, 5.41) is 10.5. The van der Waals surface area contributed by atoms with E-state index in [1.807, 2.05) is 0 Å². The minimum atomic E-state index is -4.67. The van der Waals surface area contributed by atoms with Crippen molar-refractivity contribution in [3.05, 3.63) is 64.1 Å². The Hall–Kier alpha value is -3.25. The van der Waals surface area contributed by atoms with E-state index in [1.54, 1.807) is 12.1 Å². The van der Waals surface area contributed by atoms with Crippen LogP contribution in [-0.4, -0.2) is 11.1 Å². The number of halogens is 3. The first kappa shape index (κ1) is 18.5. The SMILES string of the molecule is N#Cc1ccc(Oc2ccc(/C=C3\SC(=O)NC3=O)cc2)cc1C(F)(F)F. The molecule has 1 fully saturated rings. The van der Waals surface area contributed by atoms with Gasteiger partial charge in [-0.3, -0.25) is 14.9 Å². The van der Waals surface area contributed by atoms with Gasteiger partial charge in [0.15, 0.2) is 0 Å². The molecular weight excluding hydrogens is 381 g/mol. The molecule has 0 bridgehead atoms. The van der Waals surface area contributed by atoms with E-state index in [4.69, 9.17) is 10.00 Å². The molecule has 2 aromatic rings. The monoisotopic (exact) mass is 390 g/mol. The topological polar surface area (TPSA) is 79.2 Å². The highest BCUT2D eigenvalue weighted by Crippen LogP contribution is 2.35. The van der Waals surface area contributed by atoms with Gasteiger partial charge in [-0.25, -0.2) is 0 Å². The predicted molar refractivity (Wildman–Crippen MR) is 91.8 cm³/mol. The van der Waals surface area contributed by atoms with E-state index in [1.165, 1.54) is 30.3 Å². The number of benzene rings is 2. The van der Waals surface area contributed by atoms with Crippen molar-refractivity contribution < 1.29 is 27.5 Å². The summed E-state index contributed by atoms with van der Waals surface area (Å²) in [6, 6.07) is 10.8. The first-order valence-electron chi connectivity index (χ1n) is 7.40. The quantitative estimate of drug-likeness (QED) is 0.769. The van der Waals surface area contributed by atoms with Gasteiger partial charge in [0.2, 0.25) is 0 Å². The van der Waals surface area contributed by atoms with Crippen LogP contribution in [0.1, 0.15) is 16.7 Å². The zero-order valence-corrected chi connectivity index (χ0v) is 14.1. The number of carbonyl (C=O) groups is 2. The number of rotatable bonds is 3. The van der Waals surface area contributed by atoms with Crippen LogP contribution < -0.4 is 10.1 Å². The summed E-state index contributed by atoms with van der Waals surface area (Å²) in [5.74, 6) is -0.277. The molecule has 1 N–H and O–H groups in total. The second-order valence-corrected chi connectivity index (χ2v) is 6.36. The molecule has 1 aliphatic heterocycles. The van der Waals surface area contributed by atoms with Crippen molar-refractivity contribution in [1.82, 2.24) is 5.32 Å². The second-order valence-electron chi connectivity index (χ2n) is 5.34. The summed E-state index contributed by atoms with van der Waals surface area (Å²) < 4.78 is 44.4. The number of nitrogens with zero attached hydrogens (tertiary/aromatic N) is 1. The predicted octanol–water partition coefficient (Wildman–Crippen LogP) is 4.69. The van der Waals surface area contributed by atoms with Gasteiger partial charge in [0.1, 0.15) is 11.5 Å². The van der Waals surface area contributed by atoms with Crippen LogP contribution in [0, 0.1) is 11.3 Å². The lowest BCUT2D eigenvalue weighted by Gasteiger charge is -2.11. The van der Waals surface area contributed by atoms with Crippen molar-refractivity contribution in [3.63, 3.8) is 0 Å². The number of hydrogen-bond donors (Lipinski definition) is 1. The Balaban J connectivity index is 1.79. The molecule has 1 saturated heterocycles. The fraction of sp³-hybridized carbons (Fsp3) is 0.0556. The van der Waals surface area contributed by atoms with Crippen LogP contribution in [-0.2, 0) is 11.0 Å². The molecule has 0 aliphatic carbocycles. The zero-order chi connectivity index (χ0) is 19.6. The summed E-state index contributed by atoms with van der Waals surface area (Å²) in [5.41, 5.74) is -0.943. The molecule has 0 unspecified atom stereocenters. The van der Waals surface area contributed by atoms with Gasteiger partial charge in [-0.05, 0) is 53.7 Å². The van der Waals surface area contributed by atoms with E-state index in [2.05, 4.69) is 5.32 Å². The third-order valence-electron chi connectivity index (χ3n) is 3.47. The van der Waals surface area contributed by atoms with Gasteiger partial charge in [0.25, 0.3) is 11.1 Å². The van der Waals surface area contributed by atoms with Crippen molar-refractivity contribution in [2.24, 2.45) is 0 Å². The number of thioether (sulfide) groups is 1. The largest absolute Gasteiger partial charge is 0.457 e. The molecule has 2 aromatic carbocycles. The Bertz CT molecular complexity index is 992. The maximum Gasteiger partial charge on any atom is 0.417 e. The molecule has 9 heteroatoms. The second kappa shape index (κ2) is 7.17. The number of hydrogen-bond acceptors (Lipinski definition) is 5. The van der Waals surface area contributed by atoms with Crippen molar-refractivity contribution in [3.8, 4) is 17.6 Å². The van der Waals surface area contributed by atoms with Crippen LogP contribution in [0.25, 0.3) is 6.08 Å². The van der Waals surface area contributed by atoms with Crippen LogP contribution in [0.3, 0.4) is 0 Å². The molecule has 0 saturated carbocycles. The van der Waals surface area contributed by atoms with Crippen LogP contribution in [0.4, 0.5) is 18.0 Å². The molecule has 0 radical (unpaired) electrons. The summed E-state index contributed by atoms with van der Waals surface area (Å²) in [6.07, 6.45) is -3.16. The van der Waals surface area contributed by atoms with Crippen molar-refractivity contribution in [1.29, 1.82) is 5.26 Å². The van der Waals surface area contributed by atoms with Gasteiger partial charge in [-0.15, -0.1) is 0 Å². The van der Waals surface area contributed by atoms with Crippen molar-refractivity contribution in [2.75, 3.05) is 0 Å². The smallest absolute Gasteiger partial charge is 0.417 e. The Morgan fingerprint density at radius 2 is 1.74 bits per heavy atom. The molecular formula is C18H9F3N2O3S. The van der Waals surface area contributed by atoms with Crippen LogP contribution >= 0.6 is 11.8 Å². The molecule has 5 nitrogen and oxygen atoms in total. The number of carbonyl (C=O) groups excluding carboxylic acids is 2. The van der Waals surface area contributed by atoms with Gasteiger partial charge in [-0.2, -0.15) is 18.4 Å². The summed E-state index contributed by atoms with van der Waals surface area (Å²) in [6.45, 7) is 0. The molecule has 0 atom stereocenters. The van der Waals surface area contributed by atoms with Gasteiger partial charge in [0, 0.05) is 0 Å². The molecule has 27 heavy (non-hydrogen) atoms. The Kier molecular flexibility index (Phi) is 4.92. The number of nitriles is 1. The van der Waals surface area contributed by atoms with Gasteiger partial charge in [-0.1, -0.05) is 12.1 Å². The average Bonchev–Trinajstić information content (AvgIpc) is 2.93. The number of amides is 2. The molecule has 1 heterocycles. The fourth-order valence-electron chi connectivity index (χ4n) is 2.26. The Morgan fingerprint density at radius 3 is 2.30 bits per heavy atom.